The monoisotopic (exact) mass is 456 g/mol. The molecule has 8 nitrogen and oxygen atoms in total. The lowest BCUT2D eigenvalue weighted by atomic mass is 9.99. The third-order valence-corrected chi connectivity index (χ3v) is 6.41. The van der Waals surface area contributed by atoms with E-state index in [0.29, 0.717) is 24.6 Å². The highest BCUT2D eigenvalue weighted by atomic mass is 32.1. The zero-order valence-corrected chi connectivity index (χ0v) is 20.1. The molecule has 0 saturated carbocycles. The van der Waals surface area contributed by atoms with Crippen LogP contribution in [-0.2, 0) is 9.53 Å². The summed E-state index contributed by atoms with van der Waals surface area (Å²) in [6.07, 6.45) is 0.223. The minimum Gasteiger partial charge on any atom is -0.444 e. The first kappa shape index (κ1) is 22.3. The summed E-state index contributed by atoms with van der Waals surface area (Å²) < 4.78 is 11.7. The molecule has 1 fully saturated rings. The van der Waals surface area contributed by atoms with Gasteiger partial charge in [-0.1, -0.05) is 16.5 Å². The smallest absolute Gasteiger partial charge is 0.410 e. The number of hydrogen-bond donors (Lipinski definition) is 1. The minimum atomic E-state index is -0.557. The Morgan fingerprint density at radius 1 is 1.25 bits per heavy atom. The lowest BCUT2D eigenvalue weighted by molar-refractivity contribution is -0.119. The van der Waals surface area contributed by atoms with Gasteiger partial charge in [0.1, 0.15) is 11.4 Å². The van der Waals surface area contributed by atoms with Gasteiger partial charge in [-0.25, -0.2) is 9.78 Å². The Bertz CT molecular complexity index is 1170. The van der Waals surface area contributed by atoms with E-state index in [-0.39, 0.29) is 17.9 Å². The molecule has 1 N–H and O–H groups in total. The van der Waals surface area contributed by atoms with Gasteiger partial charge in [0.25, 0.3) is 0 Å². The number of benzene rings is 1. The topological polar surface area (TPSA) is 97.6 Å². The molecule has 0 spiro atoms. The zero-order chi connectivity index (χ0) is 23.2. The van der Waals surface area contributed by atoms with Crippen molar-refractivity contribution in [1.82, 2.24) is 15.0 Å². The molecule has 3 aromatic rings. The van der Waals surface area contributed by atoms with Crippen LogP contribution in [0.5, 0.6) is 0 Å². The quantitative estimate of drug-likeness (QED) is 0.591. The highest BCUT2D eigenvalue weighted by molar-refractivity contribution is 7.22. The molecule has 170 valence electrons. The van der Waals surface area contributed by atoms with Gasteiger partial charge in [-0.05, 0) is 71.2 Å². The van der Waals surface area contributed by atoms with E-state index in [1.807, 2.05) is 47.6 Å². The van der Waals surface area contributed by atoms with E-state index < -0.39 is 5.60 Å². The van der Waals surface area contributed by atoms with Crippen LogP contribution in [0.2, 0.25) is 0 Å². The summed E-state index contributed by atoms with van der Waals surface area (Å²) in [6, 6.07) is 4.09. The molecule has 32 heavy (non-hydrogen) atoms. The predicted molar refractivity (Wildman–Crippen MR) is 124 cm³/mol. The number of likely N-dealkylation sites (tertiary alicyclic amines) is 1. The van der Waals surface area contributed by atoms with E-state index in [9.17, 15) is 9.59 Å². The van der Waals surface area contributed by atoms with Crippen LogP contribution in [0.3, 0.4) is 0 Å². The Labute approximate surface area is 190 Å². The number of aromatic nitrogens is 2. The summed E-state index contributed by atoms with van der Waals surface area (Å²) in [5.41, 5.74) is 4.24. The number of anilines is 1. The fourth-order valence-electron chi connectivity index (χ4n) is 3.94. The van der Waals surface area contributed by atoms with Crippen molar-refractivity contribution in [2.75, 3.05) is 18.4 Å². The van der Waals surface area contributed by atoms with Crippen LogP contribution in [0.25, 0.3) is 21.3 Å². The first-order valence-corrected chi connectivity index (χ1v) is 11.5. The van der Waals surface area contributed by atoms with Crippen LogP contribution in [0.4, 0.5) is 9.93 Å². The van der Waals surface area contributed by atoms with Crippen LogP contribution < -0.4 is 5.32 Å². The first-order valence-electron chi connectivity index (χ1n) is 10.6. The van der Waals surface area contributed by atoms with Gasteiger partial charge in [-0.2, -0.15) is 0 Å². The molecule has 3 heterocycles. The number of amides is 2. The van der Waals surface area contributed by atoms with Crippen molar-refractivity contribution in [2.45, 2.75) is 53.6 Å². The van der Waals surface area contributed by atoms with Gasteiger partial charge in [0.15, 0.2) is 5.13 Å². The Morgan fingerprint density at radius 3 is 2.66 bits per heavy atom. The van der Waals surface area contributed by atoms with Crippen molar-refractivity contribution in [2.24, 2.45) is 5.92 Å². The molecule has 2 aromatic heterocycles. The average Bonchev–Trinajstić information content (AvgIpc) is 3.39. The number of nitrogens with one attached hydrogen (secondary N) is 1. The number of rotatable bonds is 3. The Hall–Kier alpha value is -2.94. The average molecular weight is 457 g/mol. The van der Waals surface area contributed by atoms with Gasteiger partial charge in [0.2, 0.25) is 5.91 Å². The fourth-order valence-corrected chi connectivity index (χ4v) is 4.83. The second kappa shape index (κ2) is 8.20. The van der Waals surface area contributed by atoms with Crippen LogP contribution in [0, 0.1) is 26.7 Å². The molecule has 0 aliphatic carbocycles. The molecule has 1 saturated heterocycles. The van der Waals surface area contributed by atoms with E-state index >= 15 is 0 Å². The van der Waals surface area contributed by atoms with Crippen molar-refractivity contribution in [3.63, 3.8) is 0 Å². The second-order valence-electron chi connectivity index (χ2n) is 9.25. The Balaban J connectivity index is 1.48. The van der Waals surface area contributed by atoms with Crippen molar-refractivity contribution in [3.8, 4) is 11.1 Å². The molecule has 4 rings (SSSR count). The molecule has 0 radical (unpaired) electrons. The molecule has 2 amide bonds. The highest BCUT2D eigenvalue weighted by Crippen LogP contribution is 2.36. The van der Waals surface area contributed by atoms with Gasteiger partial charge in [0, 0.05) is 18.7 Å². The summed E-state index contributed by atoms with van der Waals surface area (Å²) in [4.78, 5) is 31.3. The molecular weight excluding hydrogens is 428 g/mol. The molecule has 0 bridgehead atoms. The molecule has 0 unspecified atom stereocenters. The molecule has 1 aliphatic rings. The highest BCUT2D eigenvalue weighted by Gasteiger charge is 2.33. The van der Waals surface area contributed by atoms with Crippen LogP contribution >= 0.6 is 11.3 Å². The number of aryl methyl sites for hydroxylation is 3. The van der Waals surface area contributed by atoms with Gasteiger partial charge < -0.3 is 19.5 Å². The summed E-state index contributed by atoms with van der Waals surface area (Å²) in [5, 5.41) is 7.55. The number of fused-ring (bicyclic) bond motifs is 1. The van der Waals surface area contributed by atoms with Crippen molar-refractivity contribution >= 4 is 38.7 Å². The summed E-state index contributed by atoms with van der Waals surface area (Å²) in [7, 11) is 0. The molecule has 9 heteroatoms. The van der Waals surface area contributed by atoms with Crippen LogP contribution in [0.15, 0.2) is 16.7 Å². The molecule has 1 aliphatic heterocycles. The van der Waals surface area contributed by atoms with E-state index in [4.69, 9.17) is 9.26 Å². The normalized spacial score (nSPS) is 16.6. The number of carbonyl (C=O) groups excluding carboxylic acids is 2. The summed E-state index contributed by atoms with van der Waals surface area (Å²) in [6.45, 7) is 12.2. The fraction of sp³-hybridized carbons (Fsp3) is 0.478. The maximum Gasteiger partial charge on any atom is 0.410 e. The van der Waals surface area contributed by atoms with Gasteiger partial charge in [-0.15, -0.1) is 0 Å². The number of ether oxygens (including phenoxy) is 1. The standard InChI is InChI=1S/C23H28N4O4S/c1-12-9-17-18(10-16(12)19-13(2)26-31-14(19)3)32-21(24-17)25-20(28)15-7-8-27(11-15)22(29)30-23(4,5)6/h9-10,15H,7-8,11H2,1-6H3,(H,24,25,28)/t15-/m0/s1. The lowest BCUT2D eigenvalue weighted by Gasteiger charge is -2.24. The second-order valence-corrected chi connectivity index (χ2v) is 10.3. The maximum absolute atomic E-state index is 12.8. The van der Waals surface area contributed by atoms with E-state index in [1.165, 1.54) is 11.3 Å². The van der Waals surface area contributed by atoms with E-state index in [1.54, 1.807) is 4.90 Å². The lowest BCUT2D eigenvalue weighted by Crippen LogP contribution is -2.36. The first-order chi connectivity index (χ1) is 15.0. The summed E-state index contributed by atoms with van der Waals surface area (Å²) in [5.74, 6) is 0.366. The molecular formula is C23H28N4O4S. The van der Waals surface area contributed by atoms with E-state index in [2.05, 4.69) is 21.5 Å². The molecule has 1 atom stereocenters. The number of nitrogens with zero attached hydrogens (tertiary/aromatic N) is 3. The summed E-state index contributed by atoms with van der Waals surface area (Å²) >= 11 is 1.43. The minimum absolute atomic E-state index is 0.127. The number of carbonyl (C=O) groups is 2. The van der Waals surface area contributed by atoms with Crippen LogP contribution in [-0.4, -0.2) is 45.7 Å². The Morgan fingerprint density at radius 2 is 2.00 bits per heavy atom. The predicted octanol–water partition coefficient (Wildman–Crippen LogP) is 5.07. The zero-order valence-electron chi connectivity index (χ0n) is 19.2. The van der Waals surface area contributed by atoms with Gasteiger partial charge in [0.05, 0.1) is 21.8 Å². The number of thiazole rings is 1. The maximum atomic E-state index is 12.8. The SMILES string of the molecule is Cc1cc2nc(NC(=O)[C@H]3CCN(C(=O)OC(C)(C)C)C3)sc2cc1-c1c(C)noc1C. The van der Waals surface area contributed by atoms with Crippen molar-refractivity contribution < 1.29 is 18.8 Å². The van der Waals surface area contributed by atoms with Crippen molar-refractivity contribution in [3.05, 3.63) is 29.2 Å². The van der Waals surface area contributed by atoms with Gasteiger partial charge >= 0.3 is 6.09 Å². The van der Waals surface area contributed by atoms with Crippen molar-refractivity contribution in [1.29, 1.82) is 0 Å². The van der Waals surface area contributed by atoms with E-state index in [0.717, 1.165) is 38.4 Å². The number of hydrogen-bond acceptors (Lipinski definition) is 7. The third kappa shape index (κ3) is 4.48. The Kier molecular flexibility index (Phi) is 5.70. The van der Waals surface area contributed by atoms with Gasteiger partial charge in [-0.3, -0.25) is 4.79 Å². The largest absolute Gasteiger partial charge is 0.444 e. The third-order valence-electron chi connectivity index (χ3n) is 5.48. The van der Waals surface area contributed by atoms with Crippen LogP contribution in [0.1, 0.15) is 44.2 Å². The molecule has 1 aromatic carbocycles.